The zero-order chi connectivity index (χ0) is 12.8. The van der Waals surface area contributed by atoms with Crippen LogP contribution in [0.25, 0.3) is 0 Å². The highest BCUT2D eigenvalue weighted by Gasteiger charge is 2.20. The van der Waals surface area contributed by atoms with Crippen molar-refractivity contribution in [2.45, 2.75) is 65.5 Å². The van der Waals surface area contributed by atoms with Crippen molar-refractivity contribution in [1.29, 1.82) is 0 Å². The second-order valence-corrected chi connectivity index (χ2v) is 5.93. The van der Waals surface area contributed by atoms with Gasteiger partial charge in [0.1, 0.15) is 0 Å². The number of hydrogen-bond donors (Lipinski definition) is 2. The Morgan fingerprint density at radius 2 is 2.00 bits per heavy atom. The summed E-state index contributed by atoms with van der Waals surface area (Å²) in [5.74, 6) is 1.73. The van der Waals surface area contributed by atoms with E-state index in [0.717, 1.165) is 18.4 Å². The molecule has 1 fully saturated rings. The summed E-state index contributed by atoms with van der Waals surface area (Å²) in [4.78, 5) is 11.7. The van der Waals surface area contributed by atoms with Crippen LogP contribution in [0.3, 0.4) is 0 Å². The minimum absolute atomic E-state index is 0.0744. The lowest BCUT2D eigenvalue weighted by Crippen LogP contribution is -2.46. The topological polar surface area (TPSA) is 41.1 Å². The predicted octanol–water partition coefficient (Wildman–Crippen LogP) is 2.32. The first-order valence-corrected chi connectivity index (χ1v) is 7.02. The molecule has 3 unspecified atom stereocenters. The van der Waals surface area contributed by atoms with E-state index < -0.39 is 0 Å². The number of nitrogens with one attached hydrogen (secondary N) is 2. The summed E-state index contributed by atoms with van der Waals surface area (Å²) < 4.78 is 0. The van der Waals surface area contributed by atoms with Crippen molar-refractivity contribution in [2.75, 3.05) is 6.54 Å². The SMILES string of the molecule is CC1CCCC(CNC(C)C(=O)NC(C)C)C1. The van der Waals surface area contributed by atoms with Crippen LogP contribution in [-0.4, -0.2) is 24.5 Å². The first kappa shape index (κ1) is 14.5. The standard InChI is InChI=1S/C14H28N2O/c1-10(2)16-14(17)12(4)15-9-13-7-5-6-11(3)8-13/h10-13,15H,5-9H2,1-4H3,(H,16,17). The minimum atomic E-state index is -0.0744. The van der Waals surface area contributed by atoms with Crippen LogP contribution in [0.2, 0.25) is 0 Å². The molecule has 17 heavy (non-hydrogen) atoms. The number of amides is 1. The molecule has 0 spiro atoms. The molecule has 1 amide bonds. The summed E-state index contributed by atoms with van der Waals surface area (Å²) in [6.07, 6.45) is 5.35. The van der Waals surface area contributed by atoms with Crippen molar-refractivity contribution in [1.82, 2.24) is 10.6 Å². The van der Waals surface area contributed by atoms with Gasteiger partial charge in [0.05, 0.1) is 6.04 Å². The molecule has 100 valence electrons. The maximum absolute atomic E-state index is 11.7. The average molecular weight is 240 g/mol. The molecule has 0 heterocycles. The Morgan fingerprint density at radius 3 is 2.59 bits per heavy atom. The normalized spacial score (nSPS) is 26.9. The van der Waals surface area contributed by atoms with Crippen molar-refractivity contribution in [2.24, 2.45) is 11.8 Å². The van der Waals surface area contributed by atoms with Crippen LogP contribution in [0.15, 0.2) is 0 Å². The fourth-order valence-electron chi connectivity index (χ4n) is 2.59. The third-order valence-electron chi connectivity index (χ3n) is 3.58. The molecule has 0 aliphatic heterocycles. The Kier molecular flexibility index (Phi) is 5.96. The van der Waals surface area contributed by atoms with E-state index in [9.17, 15) is 4.79 Å². The molecule has 0 saturated heterocycles. The lowest BCUT2D eigenvalue weighted by atomic mass is 9.82. The van der Waals surface area contributed by atoms with Crippen molar-refractivity contribution in [3.63, 3.8) is 0 Å². The summed E-state index contributed by atoms with van der Waals surface area (Å²) in [5.41, 5.74) is 0. The molecule has 0 aromatic heterocycles. The van der Waals surface area contributed by atoms with Gasteiger partial charge in [0.15, 0.2) is 0 Å². The van der Waals surface area contributed by atoms with Gasteiger partial charge in [0, 0.05) is 6.04 Å². The second-order valence-electron chi connectivity index (χ2n) is 5.93. The fraction of sp³-hybridized carbons (Fsp3) is 0.929. The van der Waals surface area contributed by atoms with Gasteiger partial charge in [-0.2, -0.15) is 0 Å². The van der Waals surface area contributed by atoms with Crippen LogP contribution >= 0.6 is 0 Å². The van der Waals surface area contributed by atoms with E-state index in [1.54, 1.807) is 0 Å². The van der Waals surface area contributed by atoms with Crippen molar-refractivity contribution < 1.29 is 4.79 Å². The number of hydrogen-bond acceptors (Lipinski definition) is 2. The van der Waals surface area contributed by atoms with Crippen LogP contribution in [0.4, 0.5) is 0 Å². The van der Waals surface area contributed by atoms with Gasteiger partial charge in [0.25, 0.3) is 0 Å². The van der Waals surface area contributed by atoms with Gasteiger partial charge in [-0.25, -0.2) is 0 Å². The van der Waals surface area contributed by atoms with E-state index >= 15 is 0 Å². The van der Waals surface area contributed by atoms with Gasteiger partial charge in [-0.1, -0.05) is 19.8 Å². The van der Waals surface area contributed by atoms with Gasteiger partial charge >= 0.3 is 0 Å². The van der Waals surface area contributed by atoms with E-state index in [2.05, 4.69) is 17.6 Å². The van der Waals surface area contributed by atoms with Crippen molar-refractivity contribution >= 4 is 5.91 Å². The molecule has 3 heteroatoms. The predicted molar refractivity (Wildman–Crippen MR) is 71.9 cm³/mol. The molecular formula is C14H28N2O. The van der Waals surface area contributed by atoms with E-state index in [-0.39, 0.29) is 18.0 Å². The first-order valence-electron chi connectivity index (χ1n) is 7.02. The molecule has 0 bridgehead atoms. The van der Waals surface area contributed by atoms with E-state index in [4.69, 9.17) is 0 Å². The molecule has 1 saturated carbocycles. The molecule has 0 aromatic rings. The Morgan fingerprint density at radius 1 is 1.29 bits per heavy atom. The lowest BCUT2D eigenvalue weighted by molar-refractivity contribution is -0.123. The van der Waals surface area contributed by atoms with Gasteiger partial charge in [-0.15, -0.1) is 0 Å². The quantitative estimate of drug-likeness (QED) is 0.774. The van der Waals surface area contributed by atoms with Crippen LogP contribution in [0, 0.1) is 11.8 Å². The van der Waals surface area contributed by atoms with Crippen molar-refractivity contribution in [3.05, 3.63) is 0 Å². The van der Waals surface area contributed by atoms with Crippen LogP contribution in [-0.2, 0) is 4.79 Å². The Bertz CT molecular complexity index is 240. The minimum Gasteiger partial charge on any atom is -0.353 e. The number of rotatable bonds is 5. The van der Waals surface area contributed by atoms with Crippen LogP contribution < -0.4 is 10.6 Å². The molecule has 3 nitrogen and oxygen atoms in total. The number of carbonyl (C=O) groups is 1. The maximum Gasteiger partial charge on any atom is 0.237 e. The summed E-state index contributed by atoms with van der Waals surface area (Å²) >= 11 is 0. The summed E-state index contributed by atoms with van der Waals surface area (Å²) in [7, 11) is 0. The molecule has 1 aliphatic rings. The second kappa shape index (κ2) is 7.00. The van der Waals surface area contributed by atoms with E-state index in [1.165, 1.54) is 25.7 Å². The third-order valence-corrected chi connectivity index (χ3v) is 3.58. The fourth-order valence-corrected chi connectivity index (χ4v) is 2.59. The average Bonchev–Trinajstić information content (AvgIpc) is 2.25. The first-order chi connectivity index (χ1) is 7.99. The van der Waals surface area contributed by atoms with Crippen LogP contribution in [0.5, 0.6) is 0 Å². The Hall–Kier alpha value is -0.570. The highest BCUT2D eigenvalue weighted by molar-refractivity contribution is 5.81. The molecule has 3 atom stereocenters. The van der Waals surface area contributed by atoms with E-state index in [0.29, 0.717) is 0 Å². The van der Waals surface area contributed by atoms with Gasteiger partial charge in [-0.3, -0.25) is 4.79 Å². The highest BCUT2D eigenvalue weighted by Crippen LogP contribution is 2.27. The monoisotopic (exact) mass is 240 g/mol. The van der Waals surface area contributed by atoms with Crippen LogP contribution in [0.1, 0.15) is 53.4 Å². The Labute approximate surface area is 106 Å². The maximum atomic E-state index is 11.7. The number of carbonyl (C=O) groups excluding carboxylic acids is 1. The van der Waals surface area contributed by atoms with E-state index in [1.807, 2.05) is 20.8 Å². The smallest absolute Gasteiger partial charge is 0.237 e. The largest absolute Gasteiger partial charge is 0.353 e. The van der Waals surface area contributed by atoms with Gasteiger partial charge in [0.2, 0.25) is 5.91 Å². The highest BCUT2D eigenvalue weighted by atomic mass is 16.2. The summed E-state index contributed by atoms with van der Waals surface area (Å²) in [6, 6.07) is 0.149. The van der Waals surface area contributed by atoms with Gasteiger partial charge in [-0.05, 0) is 52.0 Å². The molecule has 1 aliphatic carbocycles. The molecular weight excluding hydrogens is 212 g/mol. The third kappa shape index (κ3) is 5.53. The molecule has 0 radical (unpaired) electrons. The van der Waals surface area contributed by atoms with Crippen molar-refractivity contribution in [3.8, 4) is 0 Å². The molecule has 0 aromatic carbocycles. The summed E-state index contributed by atoms with van der Waals surface area (Å²) in [5, 5.41) is 6.30. The molecule has 1 rings (SSSR count). The zero-order valence-electron chi connectivity index (χ0n) is 11.8. The van der Waals surface area contributed by atoms with Gasteiger partial charge < -0.3 is 10.6 Å². The zero-order valence-corrected chi connectivity index (χ0v) is 11.8. The summed E-state index contributed by atoms with van der Waals surface area (Å²) in [6.45, 7) is 9.25. The molecule has 2 N–H and O–H groups in total. The Balaban J connectivity index is 2.22. The lowest BCUT2D eigenvalue weighted by Gasteiger charge is -2.28.